The Kier molecular flexibility index (Phi) is 7.55. The van der Waals surface area contributed by atoms with Gasteiger partial charge >= 0.3 is 0 Å². The number of aromatic amines is 1. The van der Waals surface area contributed by atoms with Gasteiger partial charge in [-0.15, -0.1) is 10.2 Å². The SMILES string of the molecule is CC(C)[C@@H](COc1ccc(-c2cc3ccccc3o2)c(Cl)c1)Nc1ccc(C(=O)NCc2nn[nH]n2)cc1. The van der Waals surface area contributed by atoms with E-state index in [4.69, 9.17) is 20.8 Å². The molecule has 9 nitrogen and oxygen atoms in total. The highest BCUT2D eigenvalue weighted by atomic mass is 35.5. The van der Waals surface area contributed by atoms with Gasteiger partial charge in [-0.2, -0.15) is 5.21 Å². The van der Waals surface area contributed by atoms with Crippen LogP contribution in [0.3, 0.4) is 0 Å². The van der Waals surface area contributed by atoms with Crippen LogP contribution in [0.1, 0.15) is 30.0 Å². The highest BCUT2D eigenvalue weighted by Crippen LogP contribution is 2.34. The van der Waals surface area contributed by atoms with E-state index in [1.807, 2.05) is 60.7 Å². The Morgan fingerprint density at radius 1 is 1.08 bits per heavy atom. The van der Waals surface area contributed by atoms with Crippen molar-refractivity contribution < 1.29 is 13.9 Å². The van der Waals surface area contributed by atoms with Crippen LogP contribution in [0, 0.1) is 5.92 Å². The van der Waals surface area contributed by atoms with Gasteiger partial charge in [-0.05, 0) is 60.5 Å². The van der Waals surface area contributed by atoms with Gasteiger partial charge < -0.3 is 19.8 Å². The first-order valence-electron chi connectivity index (χ1n) is 12.2. The van der Waals surface area contributed by atoms with Crippen molar-refractivity contribution in [3.63, 3.8) is 0 Å². The number of rotatable bonds is 10. The number of aromatic nitrogens is 4. The smallest absolute Gasteiger partial charge is 0.251 e. The quantitative estimate of drug-likeness (QED) is 0.211. The van der Waals surface area contributed by atoms with E-state index in [9.17, 15) is 4.79 Å². The number of amides is 1. The molecule has 194 valence electrons. The predicted molar refractivity (Wildman–Crippen MR) is 146 cm³/mol. The van der Waals surface area contributed by atoms with Crippen molar-refractivity contribution in [3.8, 4) is 17.1 Å². The molecule has 0 bridgehead atoms. The summed E-state index contributed by atoms with van der Waals surface area (Å²) in [5.74, 6) is 1.89. The molecule has 0 fully saturated rings. The maximum absolute atomic E-state index is 12.4. The molecule has 1 atom stereocenters. The molecule has 0 spiro atoms. The van der Waals surface area contributed by atoms with Crippen molar-refractivity contribution in [2.75, 3.05) is 11.9 Å². The molecular formula is C28H27ClN6O3. The highest BCUT2D eigenvalue weighted by molar-refractivity contribution is 6.33. The molecule has 38 heavy (non-hydrogen) atoms. The number of para-hydroxylation sites is 1. The van der Waals surface area contributed by atoms with Crippen LogP contribution in [0.2, 0.25) is 5.02 Å². The third-order valence-corrected chi connectivity index (χ3v) is 6.47. The third kappa shape index (κ3) is 5.95. The lowest BCUT2D eigenvalue weighted by Crippen LogP contribution is -2.32. The van der Waals surface area contributed by atoms with Gasteiger partial charge in [-0.3, -0.25) is 4.79 Å². The van der Waals surface area contributed by atoms with Crippen LogP contribution in [0.4, 0.5) is 5.69 Å². The number of hydrogen-bond donors (Lipinski definition) is 3. The van der Waals surface area contributed by atoms with Crippen molar-refractivity contribution in [2.24, 2.45) is 5.92 Å². The van der Waals surface area contributed by atoms with Crippen LogP contribution in [0.5, 0.6) is 5.75 Å². The second kappa shape index (κ2) is 11.4. The van der Waals surface area contributed by atoms with Gasteiger partial charge in [0.2, 0.25) is 0 Å². The Hall–Kier alpha value is -4.37. The monoisotopic (exact) mass is 530 g/mol. The standard InChI is InChI=1S/C28H27ClN6O3/c1-17(2)24(31-20-9-7-18(8-10-20)28(36)30-15-27-32-34-35-33-27)16-37-21-11-12-22(23(29)14-21)26-13-19-5-3-4-6-25(19)38-26/h3-14,17,24,31H,15-16H2,1-2H3,(H,30,36)(H,32,33,34,35)/t24-/m1/s1. The Morgan fingerprint density at radius 2 is 1.89 bits per heavy atom. The molecular weight excluding hydrogens is 504 g/mol. The summed E-state index contributed by atoms with van der Waals surface area (Å²) in [6.45, 7) is 4.88. The van der Waals surface area contributed by atoms with Crippen LogP contribution < -0.4 is 15.4 Å². The highest BCUT2D eigenvalue weighted by Gasteiger charge is 2.16. The minimum absolute atomic E-state index is 0.0294. The molecule has 0 radical (unpaired) electrons. The molecule has 0 saturated heterocycles. The lowest BCUT2D eigenvalue weighted by Gasteiger charge is -2.24. The van der Waals surface area contributed by atoms with Crippen molar-refractivity contribution >= 4 is 34.2 Å². The summed E-state index contributed by atoms with van der Waals surface area (Å²) < 4.78 is 12.1. The fourth-order valence-corrected chi connectivity index (χ4v) is 4.20. The maximum Gasteiger partial charge on any atom is 0.251 e. The van der Waals surface area contributed by atoms with Crippen molar-refractivity contribution in [1.82, 2.24) is 25.9 Å². The van der Waals surface area contributed by atoms with E-state index in [0.29, 0.717) is 34.7 Å². The minimum atomic E-state index is -0.215. The number of nitrogens with one attached hydrogen (secondary N) is 3. The van der Waals surface area contributed by atoms with Gasteiger partial charge in [-0.25, -0.2) is 0 Å². The lowest BCUT2D eigenvalue weighted by molar-refractivity contribution is 0.0950. The number of furan rings is 1. The summed E-state index contributed by atoms with van der Waals surface area (Å²) >= 11 is 6.59. The number of H-pyrrole nitrogens is 1. The number of carbonyl (C=O) groups is 1. The van der Waals surface area contributed by atoms with E-state index >= 15 is 0 Å². The van der Waals surface area contributed by atoms with E-state index in [1.54, 1.807) is 12.1 Å². The summed E-state index contributed by atoms with van der Waals surface area (Å²) in [4.78, 5) is 12.4. The number of anilines is 1. The fourth-order valence-electron chi connectivity index (χ4n) is 3.94. The molecule has 0 saturated carbocycles. The third-order valence-electron chi connectivity index (χ3n) is 6.16. The zero-order valence-corrected chi connectivity index (χ0v) is 21.7. The predicted octanol–water partition coefficient (Wildman–Crippen LogP) is 5.71. The zero-order chi connectivity index (χ0) is 26.5. The first-order chi connectivity index (χ1) is 18.5. The normalized spacial score (nSPS) is 12.0. The van der Waals surface area contributed by atoms with Crippen LogP contribution in [0.25, 0.3) is 22.3 Å². The maximum atomic E-state index is 12.4. The van der Waals surface area contributed by atoms with Gasteiger partial charge in [0.15, 0.2) is 5.82 Å². The molecule has 1 amide bonds. The van der Waals surface area contributed by atoms with E-state index in [-0.39, 0.29) is 18.5 Å². The first kappa shape index (κ1) is 25.3. The van der Waals surface area contributed by atoms with Gasteiger partial charge in [0, 0.05) is 22.2 Å². The lowest BCUT2D eigenvalue weighted by atomic mass is 10.0. The summed E-state index contributed by atoms with van der Waals surface area (Å²) in [7, 11) is 0. The average Bonchev–Trinajstić information content (AvgIpc) is 3.60. The van der Waals surface area contributed by atoms with Gasteiger partial charge in [-0.1, -0.05) is 48.9 Å². The number of nitrogens with zero attached hydrogens (tertiary/aromatic N) is 3. The van der Waals surface area contributed by atoms with Gasteiger partial charge in [0.05, 0.1) is 17.6 Å². The van der Waals surface area contributed by atoms with Gasteiger partial charge in [0.25, 0.3) is 5.91 Å². The van der Waals surface area contributed by atoms with E-state index in [1.165, 1.54) is 0 Å². The first-order valence-corrected chi connectivity index (χ1v) is 12.6. The Balaban J connectivity index is 1.19. The second-order valence-electron chi connectivity index (χ2n) is 9.18. The molecule has 0 unspecified atom stereocenters. The van der Waals surface area contributed by atoms with Crippen LogP contribution in [-0.4, -0.2) is 39.2 Å². The van der Waals surface area contributed by atoms with Crippen molar-refractivity contribution in [2.45, 2.75) is 26.4 Å². The number of carbonyl (C=O) groups excluding carboxylic acids is 1. The molecule has 0 aliphatic carbocycles. The second-order valence-corrected chi connectivity index (χ2v) is 9.59. The van der Waals surface area contributed by atoms with Crippen LogP contribution in [0.15, 0.2) is 77.2 Å². The zero-order valence-electron chi connectivity index (χ0n) is 20.9. The Labute approximate surface area is 224 Å². The average molecular weight is 531 g/mol. The number of halogens is 1. The van der Waals surface area contributed by atoms with E-state index in [0.717, 1.165) is 28.0 Å². The summed E-state index contributed by atoms with van der Waals surface area (Å²) in [5.41, 5.74) is 3.06. The molecule has 2 aromatic heterocycles. The Morgan fingerprint density at radius 3 is 2.61 bits per heavy atom. The number of hydrogen-bond acceptors (Lipinski definition) is 7. The number of benzene rings is 3. The summed E-state index contributed by atoms with van der Waals surface area (Å²) in [6, 6.07) is 22.8. The molecule has 3 aromatic carbocycles. The van der Waals surface area contributed by atoms with Gasteiger partial charge in [0.1, 0.15) is 23.7 Å². The van der Waals surface area contributed by atoms with Crippen LogP contribution >= 0.6 is 11.6 Å². The van der Waals surface area contributed by atoms with E-state index in [2.05, 4.69) is 45.1 Å². The molecule has 2 heterocycles. The summed E-state index contributed by atoms with van der Waals surface area (Å²) in [5, 5.41) is 21.3. The number of fused-ring (bicyclic) bond motifs is 1. The largest absolute Gasteiger partial charge is 0.491 e. The van der Waals surface area contributed by atoms with Crippen molar-refractivity contribution in [3.05, 3.63) is 89.2 Å². The van der Waals surface area contributed by atoms with Crippen LogP contribution in [-0.2, 0) is 6.54 Å². The molecule has 10 heteroatoms. The van der Waals surface area contributed by atoms with E-state index < -0.39 is 0 Å². The number of ether oxygens (including phenoxy) is 1. The topological polar surface area (TPSA) is 118 Å². The number of tetrazole rings is 1. The minimum Gasteiger partial charge on any atom is -0.491 e. The fraction of sp³-hybridized carbons (Fsp3) is 0.214. The molecule has 3 N–H and O–H groups in total. The van der Waals surface area contributed by atoms with Crippen molar-refractivity contribution in [1.29, 1.82) is 0 Å². The molecule has 5 aromatic rings. The molecule has 0 aliphatic rings. The molecule has 5 rings (SSSR count). The Bertz CT molecular complexity index is 1480. The summed E-state index contributed by atoms with van der Waals surface area (Å²) in [6.07, 6.45) is 0. The molecule has 0 aliphatic heterocycles.